The van der Waals surface area contributed by atoms with Crippen LogP contribution in [0.4, 0.5) is 5.69 Å². The minimum Gasteiger partial charge on any atom is -0.332 e. The molecule has 4 nitrogen and oxygen atoms in total. The molecule has 0 saturated heterocycles. The van der Waals surface area contributed by atoms with E-state index >= 15 is 0 Å². The van der Waals surface area contributed by atoms with Crippen LogP contribution in [0, 0.1) is 5.92 Å². The summed E-state index contributed by atoms with van der Waals surface area (Å²) in [6.07, 6.45) is 2.96. The van der Waals surface area contributed by atoms with Crippen LogP contribution < -0.4 is 5.32 Å². The molecule has 1 N–H and O–H groups in total. The molecule has 0 spiro atoms. The van der Waals surface area contributed by atoms with Crippen LogP contribution in [-0.2, 0) is 13.5 Å². The lowest BCUT2D eigenvalue weighted by atomic mass is 10.1. The Labute approximate surface area is 107 Å². The van der Waals surface area contributed by atoms with E-state index in [0.717, 1.165) is 29.5 Å². The number of aromatic nitrogens is 2. The lowest BCUT2D eigenvalue weighted by Gasteiger charge is -2.11. The first-order chi connectivity index (χ1) is 8.10. The summed E-state index contributed by atoms with van der Waals surface area (Å²) in [5.74, 6) is 0.669. The zero-order valence-electron chi connectivity index (χ0n) is 10.9. The van der Waals surface area contributed by atoms with Crippen molar-refractivity contribution in [1.29, 1.82) is 0 Å². The first-order valence-electron chi connectivity index (χ1n) is 6.10. The molecule has 1 aliphatic rings. The number of thioether (sulfide) groups is 1. The molecule has 1 unspecified atom stereocenters. The number of rotatable bonds is 3. The van der Waals surface area contributed by atoms with Gasteiger partial charge in [-0.2, -0.15) is 5.10 Å². The molecule has 2 rings (SSSR count). The average Bonchev–Trinajstić information content (AvgIpc) is 2.86. The molecule has 0 aliphatic carbocycles. The van der Waals surface area contributed by atoms with Gasteiger partial charge < -0.3 is 5.32 Å². The quantitative estimate of drug-likeness (QED) is 0.899. The first-order valence-corrected chi connectivity index (χ1v) is 6.98. The molecule has 5 heteroatoms. The van der Waals surface area contributed by atoms with Gasteiger partial charge in [0.25, 0.3) is 0 Å². The molecule has 1 aromatic rings. The van der Waals surface area contributed by atoms with Crippen molar-refractivity contribution in [3.63, 3.8) is 0 Å². The van der Waals surface area contributed by atoms with Gasteiger partial charge in [-0.3, -0.25) is 9.67 Å². The number of anilines is 1. The predicted octanol–water partition coefficient (Wildman–Crippen LogP) is 2.52. The van der Waals surface area contributed by atoms with Crippen LogP contribution in [0.15, 0.2) is 11.2 Å². The fraction of sp³-hybridized carbons (Fsp3) is 0.667. The van der Waals surface area contributed by atoms with E-state index in [2.05, 4.69) is 36.2 Å². The molecular weight excluding hydrogens is 232 g/mol. The molecule has 2 heterocycles. The third-order valence-corrected chi connectivity index (χ3v) is 4.35. The zero-order valence-corrected chi connectivity index (χ0v) is 11.7. The molecule has 0 radical (unpaired) electrons. The third kappa shape index (κ3) is 2.83. The van der Waals surface area contributed by atoms with E-state index in [4.69, 9.17) is 0 Å². The van der Waals surface area contributed by atoms with Crippen LogP contribution in [0.1, 0.15) is 26.5 Å². The summed E-state index contributed by atoms with van der Waals surface area (Å²) in [5.41, 5.74) is 2.19. The van der Waals surface area contributed by atoms with Crippen molar-refractivity contribution in [3.8, 4) is 0 Å². The molecule has 94 valence electrons. The molecule has 0 amide bonds. The van der Waals surface area contributed by atoms with E-state index in [-0.39, 0.29) is 0 Å². The number of aliphatic imine (C=N–C) groups is 1. The molecular formula is C12H20N4S. The van der Waals surface area contributed by atoms with E-state index < -0.39 is 0 Å². The molecule has 1 aromatic heterocycles. The normalized spacial score (nSPS) is 19.8. The fourth-order valence-corrected chi connectivity index (χ4v) is 2.85. The minimum atomic E-state index is 0.610. The molecule has 1 atom stereocenters. The Morgan fingerprint density at radius 3 is 2.94 bits per heavy atom. The third-order valence-electron chi connectivity index (χ3n) is 2.90. The highest BCUT2D eigenvalue weighted by atomic mass is 32.2. The second kappa shape index (κ2) is 5.12. The molecule has 0 saturated carbocycles. The topological polar surface area (TPSA) is 42.2 Å². The van der Waals surface area contributed by atoms with Gasteiger partial charge in [-0.05, 0) is 12.3 Å². The van der Waals surface area contributed by atoms with Crippen LogP contribution in [0.2, 0.25) is 0 Å². The number of hydrogen-bond acceptors (Lipinski definition) is 4. The van der Waals surface area contributed by atoms with Gasteiger partial charge in [-0.1, -0.05) is 32.5 Å². The van der Waals surface area contributed by atoms with Gasteiger partial charge in [0.05, 0.1) is 17.9 Å². The highest BCUT2D eigenvalue weighted by molar-refractivity contribution is 8.15. The summed E-state index contributed by atoms with van der Waals surface area (Å²) in [4.78, 5) is 4.55. The van der Waals surface area contributed by atoms with Crippen molar-refractivity contribution in [2.24, 2.45) is 18.0 Å². The van der Waals surface area contributed by atoms with Gasteiger partial charge >= 0.3 is 0 Å². The van der Waals surface area contributed by atoms with E-state index in [1.807, 2.05) is 29.7 Å². The first kappa shape index (κ1) is 12.5. The van der Waals surface area contributed by atoms with Gasteiger partial charge in [-0.15, -0.1) is 0 Å². The van der Waals surface area contributed by atoms with E-state index in [1.54, 1.807) is 0 Å². The lowest BCUT2D eigenvalue weighted by Crippen LogP contribution is -2.13. The van der Waals surface area contributed by atoms with Crippen molar-refractivity contribution in [3.05, 3.63) is 11.9 Å². The van der Waals surface area contributed by atoms with Crippen LogP contribution >= 0.6 is 11.8 Å². The van der Waals surface area contributed by atoms with Crippen LogP contribution in [-0.4, -0.2) is 26.7 Å². The summed E-state index contributed by atoms with van der Waals surface area (Å²) in [6, 6.07) is 0. The minimum absolute atomic E-state index is 0.610. The monoisotopic (exact) mass is 252 g/mol. The van der Waals surface area contributed by atoms with Gasteiger partial charge in [0.1, 0.15) is 0 Å². The number of hydrogen-bond donors (Lipinski definition) is 1. The Kier molecular flexibility index (Phi) is 3.76. The largest absolute Gasteiger partial charge is 0.332 e. The Morgan fingerprint density at radius 2 is 2.35 bits per heavy atom. The highest BCUT2D eigenvalue weighted by Gasteiger charge is 2.23. The smallest absolute Gasteiger partial charge is 0.161 e. The standard InChI is InChI=1S/C12H20N4S/c1-5-9-10(7-16(4)15-9)14-12-13-6-11(17-12)8(2)3/h7-8,11H,5-6H2,1-4H3,(H,13,14). The number of aryl methyl sites for hydroxylation is 2. The van der Waals surface area contributed by atoms with Crippen LogP contribution in [0.3, 0.4) is 0 Å². The van der Waals surface area contributed by atoms with Crippen LogP contribution in [0.5, 0.6) is 0 Å². The van der Waals surface area contributed by atoms with E-state index in [9.17, 15) is 0 Å². The molecule has 0 fully saturated rings. The summed E-state index contributed by atoms with van der Waals surface area (Å²) >= 11 is 1.84. The van der Waals surface area contributed by atoms with Gasteiger partial charge in [0.2, 0.25) is 0 Å². The van der Waals surface area contributed by atoms with Gasteiger partial charge in [-0.25, -0.2) is 0 Å². The maximum absolute atomic E-state index is 4.55. The van der Waals surface area contributed by atoms with Crippen molar-refractivity contribution < 1.29 is 0 Å². The highest BCUT2D eigenvalue weighted by Crippen LogP contribution is 2.28. The SMILES string of the molecule is CCc1nn(C)cc1NC1=NCC(C(C)C)S1. The van der Waals surface area contributed by atoms with Crippen molar-refractivity contribution in [2.75, 3.05) is 11.9 Å². The van der Waals surface area contributed by atoms with Gasteiger partial charge in [0.15, 0.2) is 5.17 Å². The maximum atomic E-state index is 4.55. The molecule has 0 bridgehead atoms. The second-order valence-electron chi connectivity index (χ2n) is 4.69. The molecule has 0 aromatic carbocycles. The van der Waals surface area contributed by atoms with Crippen molar-refractivity contribution in [1.82, 2.24) is 9.78 Å². The second-order valence-corrected chi connectivity index (χ2v) is 5.92. The zero-order chi connectivity index (χ0) is 12.4. The average molecular weight is 252 g/mol. The summed E-state index contributed by atoms with van der Waals surface area (Å²) < 4.78 is 1.85. The van der Waals surface area contributed by atoms with E-state index in [1.165, 1.54) is 0 Å². The Hall–Kier alpha value is -0.970. The fourth-order valence-electron chi connectivity index (χ4n) is 1.82. The van der Waals surface area contributed by atoms with E-state index in [0.29, 0.717) is 11.2 Å². The summed E-state index contributed by atoms with van der Waals surface area (Å²) in [6.45, 7) is 7.54. The Balaban J connectivity index is 2.02. The number of amidine groups is 1. The number of nitrogens with one attached hydrogen (secondary N) is 1. The summed E-state index contributed by atoms with van der Waals surface area (Å²) in [5, 5.41) is 9.46. The Morgan fingerprint density at radius 1 is 1.59 bits per heavy atom. The molecule has 1 aliphatic heterocycles. The van der Waals surface area contributed by atoms with Gasteiger partial charge in [0, 0.05) is 18.5 Å². The number of nitrogens with zero attached hydrogens (tertiary/aromatic N) is 3. The predicted molar refractivity (Wildman–Crippen MR) is 74.7 cm³/mol. The summed E-state index contributed by atoms with van der Waals surface area (Å²) in [7, 11) is 1.95. The lowest BCUT2D eigenvalue weighted by molar-refractivity contribution is 0.621. The Bertz CT molecular complexity index is 422. The van der Waals surface area contributed by atoms with Crippen molar-refractivity contribution in [2.45, 2.75) is 32.4 Å². The molecule has 17 heavy (non-hydrogen) atoms. The maximum Gasteiger partial charge on any atom is 0.161 e. The van der Waals surface area contributed by atoms with Crippen LogP contribution in [0.25, 0.3) is 0 Å². The van der Waals surface area contributed by atoms with Crippen molar-refractivity contribution >= 4 is 22.6 Å².